The first-order valence-electron chi connectivity index (χ1n) is 8.12. The Bertz CT molecular complexity index is 663. The third-order valence-corrected chi connectivity index (χ3v) is 5.22. The highest BCUT2D eigenvalue weighted by atomic mass is 32.2. The molecule has 1 aromatic rings. The Labute approximate surface area is 162 Å². The van der Waals surface area contributed by atoms with Gasteiger partial charge in [0.25, 0.3) is 5.91 Å². The first-order valence-corrected chi connectivity index (χ1v) is 9.52. The molecule has 1 aromatic carbocycles. The van der Waals surface area contributed by atoms with Crippen molar-refractivity contribution >= 4 is 45.9 Å². The van der Waals surface area contributed by atoms with Gasteiger partial charge in [0.2, 0.25) is 0 Å². The van der Waals surface area contributed by atoms with E-state index < -0.39 is 11.9 Å². The molecular weight excluding hydrogens is 376 g/mol. The maximum Gasteiger partial charge on any atom is 0.316 e. The normalized spacial score (nSPS) is 13.2. The fourth-order valence-corrected chi connectivity index (χ4v) is 3.45. The average molecular weight is 399 g/mol. The van der Waals surface area contributed by atoms with E-state index in [2.05, 4.69) is 10.2 Å². The van der Waals surface area contributed by atoms with Crippen molar-refractivity contribution in [3.63, 3.8) is 0 Å². The lowest BCUT2D eigenvalue weighted by Crippen LogP contribution is -2.25. The number of anilines is 1. The molecule has 9 heteroatoms. The molecule has 1 saturated heterocycles. The first kappa shape index (κ1) is 20.3. The van der Waals surface area contributed by atoms with Gasteiger partial charge in [0.15, 0.2) is 6.61 Å². The highest BCUT2D eigenvalue weighted by Gasteiger charge is 2.17. The molecule has 1 aliphatic rings. The number of esters is 1. The second kappa shape index (κ2) is 10.2. The molecule has 2 rings (SSSR count). The molecule has 0 unspecified atom stereocenters. The number of rotatable bonds is 7. The number of nitrogens with zero attached hydrogens (tertiary/aromatic N) is 1. The van der Waals surface area contributed by atoms with Crippen molar-refractivity contribution in [1.82, 2.24) is 4.90 Å². The Morgan fingerprint density at radius 1 is 1.23 bits per heavy atom. The lowest BCUT2D eigenvalue weighted by Gasteiger charge is -2.17. The van der Waals surface area contributed by atoms with Crippen molar-refractivity contribution in [2.24, 2.45) is 0 Å². The summed E-state index contributed by atoms with van der Waals surface area (Å²) >= 11 is 6.55. The van der Waals surface area contributed by atoms with Crippen molar-refractivity contribution in [1.29, 1.82) is 0 Å². The molecule has 1 amide bonds. The van der Waals surface area contributed by atoms with Gasteiger partial charge in [0, 0.05) is 19.2 Å². The minimum atomic E-state index is -0.482. The topological polar surface area (TPSA) is 77.1 Å². The van der Waals surface area contributed by atoms with Gasteiger partial charge in [-0.2, -0.15) is 0 Å². The standard InChI is InChI=1S/C17H22N2O5S2/c1-22-12-5-6-14(23-2)13(9-12)18-15(20)10-24-16(21)11-26-17(25)19-7-3-4-8-19/h5-6,9H,3-4,7-8,10-11H2,1-2H3,(H,18,20). The van der Waals surface area contributed by atoms with Crippen molar-refractivity contribution in [2.45, 2.75) is 12.8 Å². The molecule has 0 bridgehead atoms. The van der Waals surface area contributed by atoms with E-state index in [1.807, 2.05) is 0 Å². The molecule has 0 radical (unpaired) electrons. The summed E-state index contributed by atoms with van der Waals surface area (Å²) in [4.78, 5) is 25.9. The Morgan fingerprint density at radius 2 is 1.96 bits per heavy atom. The number of hydrogen-bond donors (Lipinski definition) is 1. The van der Waals surface area contributed by atoms with Crippen molar-refractivity contribution < 1.29 is 23.8 Å². The fourth-order valence-electron chi connectivity index (χ4n) is 2.40. The van der Waals surface area contributed by atoms with Gasteiger partial charge in [-0.05, 0) is 25.0 Å². The van der Waals surface area contributed by atoms with Crippen LogP contribution in [-0.4, -0.2) is 60.8 Å². The number of likely N-dealkylation sites (tertiary alicyclic amines) is 1. The summed E-state index contributed by atoms with van der Waals surface area (Å²) < 4.78 is 16.0. The van der Waals surface area contributed by atoms with Crippen LogP contribution in [0.1, 0.15) is 12.8 Å². The van der Waals surface area contributed by atoms with Gasteiger partial charge in [-0.3, -0.25) is 9.59 Å². The van der Waals surface area contributed by atoms with Gasteiger partial charge in [0.1, 0.15) is 15.8 Å². The van der Waals surface area contributed by atoms with Gasteiger partial charge < -0.3 is 24.4 Å². The Morgan fingerprint density at radius 3 is 2.62 bits per heavy atom. The number of amides is 1. The van der Waals surface area contributed by atoms with E-state index in [9.17, 15) is 9.59 Å². The molecule has 1 aliphatic heterocycles. The molecule has 0 atom stereocenters. The Balaban J connectivity index is 1.75. The number of carbonyl (C=O) groups excluding carboxylic acids is 2. The van der Waals surface area contributed by atoms with Gasteiger partial charge in [0.05, 0.1) is 25.7 Å². The van der Waals surface area contributed by atoms with Crippen molar-refractivity contribution in [2.75, 3.05) is 45.0 Å². The van der Waals surface area contributed by atoms with E-state index in [0.29, 0.717) is 21.5 Å². The summed E-state index contributed by atoms with van der Waals surface area (Å²) in [5.41, 5.74) is 0.442. The monoisotopic (exact) mass is 398 g/mol. The number of hydrogen-bond acceptors (Lipinski definition) is 7. The van der Waals surface area contributed by atoms with E-state index in [4.69, 9.17) is 26.4 Å². The molecule has 7 nitrogen and oxygen atoms in total. The average Bonchev–Trinajstić information content (AvgIpc) is 3.19. The molecule has 1 N–H and O–H groups in total. The summed E-state index contributed by atoms with van der Waals surface area (Å²) in [5.74, 6) is 0.202. The van der Waals surface area contributed by atoms with E-state index in [1.165, 1.54) is 26.0 Å². The number of ether oxygens (including phenoxy) is 3. The third-order valence-electron chi connectivity index (χ3n) is 3.72. The van der Waals surface area contributed by atoms with Crippen LogP contribution in [0.15, 0.2) is 18.2 Å². The summed E-state index contributed by atoms with van der Waals surface area (Å²) in [5, 5.41) is 2.64. The van der Waals surface area contributed by atoms with Crippen LogP contribution in [0.2, 0.25) is 0 Å². The molecule has 142 valence electrons. The largest absolute Gasteiger partial charge is 0.497 e. The molecule has 0 saturated carbocycles. The van der Waals surface area contributed by atoms with Crippen LogP contribution < -0.4 is 14.8 Å². The highest BCUT2D eigenvalue weighted by Crippen LogP contribution is 2.28. The van der Waals surface area contributed by atoms with Crippen LogP contribution in [0.25, 0.3) is 0 Å². The smallest absolute Gasteiger partial charge is 0.316 e. The van der Waals surface area contributed by atoms with Crippen molar-refractivity contribution in [3.05, 3.63) is 18.2 Å². The SMILES string of the molecule is COc1ccc(OC)c(NC(=O)COC(=O)CSC(=S)N2CCCC2)c1. The number of methoxy groups -OCH3 is 2. The zero-order chi connectivity index (χ0) is 18.9. The molecule has 0 aliphatic carbocycles. The van der Waals surface area contributed by atoms with Crippen molar-refractivity contribution in [3.8, 4) is 11.5 Å². The van der Waals surface area contributed by atoms with E-state index in [-0.39, 0.29) is 12.4 Å². The van der Waals surface area contributed by atoms with E-state index >= 15 is 0 Å². The lowest BCUT2D eigenvalue weighted by atomic mass is 10.2. The van der Waals surface area contributed by atoms with Crippen LogP contribution in [0.4, 0.5) is 5.69 Å². The predicted octanol–water partition coefficient (Wildman–Crippen LogP) is 2.30. The fraction of sp³-hybridized carbons (Fsp3) is 0.471. The van der Waals surface area contributed by atoms with Crippen LogP contribution in [0.5, 0.6) is 11.5 Å². The quantitative estimate of drug-likeness (QED) is 0.554. The number of thioether (sulfide) groups is 1. The molecule has 26 heavy (non-hydrogen) atoms. The summed E-state index contributed by atoms with van der Waals surface area (Å²) in [6.45, 7) is 1.49. The number of carbonyl (C=O) groups is 2. The maximum atomic E-state index is 12.0. The molecule has 0 spiro atoms. The number of benzene rings is 1. The number of thiocarbonyl (C=S) groups is 1. The summed E-state index contributed by atoms with van der Waals surface area (Å²) in [6.07, 6.45) is 2.25. The van der Waals surface area contributed by atoms with Gasteiger partial charge >= 0.3 is 5.97 Å². The highest BCUT2D eigenvalue weighted by molar-refractivity contribution is 8.23. The van der Waals surface area contributed by atoms with Crippen LogP contribution >= 0.6 is 24.0 Å². The zero-order valence-corrected chi connectivity index (χ0v) is 16.4. The van der Waals surface area contributed by atoms with E-state index in [1.54, 1.807) is 18.2 Å². The van der Waals surface area contributed by atoms with Gasteiger partial charge in [-0.25, -0.2) is 0 Å². The molecule has 0 aromatic heterocycles. The minimum Gasteiger partial charge on any atom is -0.497 e. The third kappa shape index (κ3) is 6.06. The Kier molecular flexibility index (Phi) is 7.99. The Hall–Kier alpha value is -2.00. The predicted molar refractivity (Wildman–Crippen MR) is 105 cm³/mol. The van der Waals surface area contributed by atoms with Crippen LogP contribution in [0.3, 0.4) is 0 Å². The van der Waals surface area contributed by atoms with E-state index in [0.717, 1.165) is 25.9 Å². The second-order valence-corrected chi connectivity index (χ2v) is 7.13. The first-order chi connectivity index (χ1) is 12.5. The van der Waals surface area contributed by atoms with Gasteiger partial charge in [-0.15, -0.1) is 0 Å². The summed E-state index contributed by atoms with van der Waals surface area (Å²) in [7, 11) is 3.03. The zero-order valence-electron chi connectivity index (χ0n) is 14.8. The van der Waals surface area contributed by atoms with Crippen LogP contribution in [-0.2, 0) is 14.3 Å². The molecule has 1 fully saturated rings. The van der Waals surface area contributed by atoms with Gasteiger partial charge in [-0.1, -0.05) is 24.0 Å². The summed E-state index contributed by atoms with van der Waals surface area (Å²) in [6, 6.07) is 5.02. The second-order valence-electron chi connectivity index (χ2n) is 5.52. The molecule has 1 heterocycles. The lowest BCUT2D eigenvalue weighted by molar-refractivity contribution is -0.144. The molecular formula is C17H22N2O5S2. The maximum absolute atomic E-state index is 12.0. The minimum absolute atomic E-state index is 0.0884. The van der Waals surface area contributed by atoms with Crippen LogP contribution in [0, 0.1) is 0 Å². The number of nitrogens with one attached hydrogen (secondary N) is 1.